The molecule has 16 heavy (non-hydrogen) atoms. The van der Waals surface area contributed by atoms with Crippen molar-refractivity contribution in [2.45, 2.75) is 31.7 Å². The molecule has 2 nitrogen and oxygen atoms in total. The molecule has 3 heterocycles. The van der Waals surface area contributed by atoms with Crippen LogP contribution < -0.4 is 5.73 Å². The maximum absolute atomic E-state index is 5.76. The Morgan fingerprint density at radius 2 is 1.81 bits per heavy atom. The zero-order valence-electron chi connectivity index (χ0n) is 9.95. The number of hydrogen-bond donors (Lipinski definition) is 1. The lowest BCUT2D eigenvalue weighted by Gasteiger charge is -2.53. The summed E-state index contributed by atoms with van der Waals surface area (Å²) in [5.41, 5.74) is 8.32. The van der Waals surface area contributed by atoms with Crippen molar-refractivity contribution in [3.8, 4) is 0 Å². The van der Waals surface area contributed by atoms with Crippen molar-refractivity contribution in [2.75, 3.05) is 18.8 Å². The quantitative estimate of drug-likeness (QED) is 0.731. The predicted octanol–water partition coefficient (Wildman–Crippen LogP) is 2.60. The van der Waals surface area contributed by atoms with E-state index in [1.807, 2.05) is 12.1 Å². The Morgan fingerprint density at radius 3 is 2.31 bits per heavy atom. The van der Waals surface area contributed by atoms with E-state index in [0.29, 0.717) is 0 Å². The third-order valence-corrected chi connectivity index (χ3v) is 4.53. The topological polar surface area (TPSA) is 29.3 Å². The molecule has 3 aliphatic rings. The van der Waals surface area contributed by atoms with Gasteiger partial charge in [0.15, 0.2) is 0 Å². The zero-order chi connectivity index (χ0) is 11.2. The number of hydrogen-bond acceptors (Lipinski definition) is 2. The van der Waals surface area contributed by atoms with Gasteiger partial charge in [-0.3, -0.25) is 4.90 Å². The van der Waals surface area contributed by atoms with Gasteiger partial charge in [-0.05, 0) is 62.9 Å². The summed E-state index contributed by atoms with van der Waals surface area (Å²) >= 11 is 0. The van der Waals surface area contributed by atoms with E-state index >= 15 is 0 Å². The highest BCUT2D eigenvalue weighted by Gasteiger charge is 2.43. The SMILES string of the molecule is CC1(c2ccc(N)cc2)CC2CCN1CC2. The van der Waals surface area contributed by atoms with Crippen molar-refractivity contribution >= 4 is 5.69 Å². The summed E-state index contributed by atoms with van der Waals surface area (Å²) < 4.78 is 0. The van der Waals surface area contributed by atoms with E-state index in [0.717, 1.165) is 11.6 Å². The number of nitrogen functional groups attached to an aromatic ring is 1. The minimum Gasteiger partial charge on any atom is -0.399 e. The van der Waals surface area contributed by atoms with Crippen LogP contribution in [-0.4, -0.2) is 18.0 Å². The van der Waals surface area contributed by atoms with Gasteiger partial charge in [0.25, 0.3) is 0 Å². The van der Waals surface area contributed by atoms with Crippen LogP contribution >= 0.6 is 0 Å². The zero-order valence-corrected chi connectivity index (χ0v) is 9.95. The molecule has 4 rings (SSSR count). The molecule has 3 saturated heterocycles. The van der Waals surface area contributed by atoms with E-state index < -0.39 is 0 Å². The van der Waals surface area contributed by atoms with Gasteiger partial charge < -0.3 is 5.73 Å². The fourth-order valence-electron chi connectivity index (χ4n) is 3.46. The summed E-state index contributed by atoms with van der Waals surface area (Å²) in [7, 11) is 0. The van der Waals surface area contributed by atoms with Crippen LogP contribution in [0.1, 0.15) is 31.7 Å². The lowest BCUT2D eigenvalue weighted by molar-refractivity contribution is -0.0214. The lowest BCUT2D eigenvalue weighted by Crippen LogP contribution is -2.54. The van der Waals surface area contributed by atoms with Crippen LogP contribution in [0.4, 0.5) is 5.69 Å². The minimum absolute atomic E-state index is 0.259. The van der Waals surface area contributed by atoms with Crippen molar-refractivity contribution in [1.29, 1.82) is 0 Å². The molecule has 0 aromatic heterocycles. The number of nitrogens with two attached hydrogens (primary N) is 1. The molecular weight excluding hydrogens is 196 g/mol. The van der Waals surface area contributed by atoms with Gasteiger partial charge in [-0.25, -0.2) is 0 Å². The fourth-order valence-corrected chi connectivity index (χ4v) is 3.46. The molecule has 0 aliphatic carbocycles. The smallest absolute Gasteiger partial charge is 0.0435 e. The Hall–Kier alpha value is -1.02. The minimum atomic E-state index is 0.259. The van der Waals surface area contributed by atoms with Gasteiger partial charge >= 0.3 is 0 Å². The van der Waals surface area contributed by atoms with Gasteiger partial charge in [0.05, 0.1) is 0 Å². The van der Waals surface area contributed by atoms with Gasteiger partial charge in [0.1, 0.15) is 0 Å². The second kappa shape index (κ2) is 3.49. The number of fused-ring (bicyclic) bond motifs is 3. The maximum Gasteiger partial charge on any atom is 0.0435 e. The molecule has 2 N–H and O–H groups in total. The lowest BCUT2D eigenvalue weighted by atomic mass is 9.72. The van der Waals surface area contributed by atoms with Crippen molar-refractivity contribution < 1.29 is 0 Å². The molecule has 2 heteroatoms. The fraction of sp³-hybridized carbons (Fsp3) is 0.571. The Balaban J connectivity index is 1.95. The molecular formula is C14H20N2. The van der Waals surface area contributed by atoms with Crippen LogP contribution in [0.25, 0.3) is 0 Å². The molecule has 0 amide bonds. The second-order valence-electron chi connectivity index (χ2n) is 5.53. The van der Waals surface area contributed by atoms with Crippen molar-refractivity contribution in [3.63, 3.8) is 0 Å². The summed E-state index contributed by atoms with van der Waals surface area (Å²) in [6, 6.07) is 8.47. The van der Waals surface area contributed by atoms with Crippen LogP contribution in [0.15, 0.2) is 24.3 Å². The van der Waals surface area contributed by atoms with Gasteiger partial charge in [-0.15, -0.1) is 0 Å². The first-order chi connectivity index (χ1) is 7.68. The Kier molecular flexibility index (Phi) is 2.21. The average Bonchev–Trinajstić information content (AvgIpc) is 2.31. The van der Waals surface area contributed by atoms with Crippen molar-refractivity contribution in [1.82, 2.24) is 4.90 Å². The molecule has 3 aliphatic heterocycles. The van der Waals surface area contributed by atoms with Gasteiger partial charge in [-0.1, -0.05) is 12.1 Å². The van der Waals surface area contributed by atoms with E-state index in [2.05, 4.69) is 24.0 Å². The number of rotatable bonds is 1. The number of benzene rings is 1. The highest BCUT2D eigenvalue weighted by Crippen LogP contribution is 2.45. The highest BCUT2D eigenvalue weighted by atomic mass is 15.2. The Morgan fingerprint density at radius 1 is 1.19 bits per heavy atom. The summed E-state index contributed by atoms with van der Waals surface area (Å²) in [6.07, 6.45) is 4.10. The monoisotopic (exact) mass is 216 g/mol. The van der Waals surface area contributed by atoms with Crippen LogP contribution in [0.2, 0.25) is 0 Å². The molecule has 1 unspecified atom stereocenters. The van der Waals surface area contributed by atoms with Crippen LogP contribution in [-0.2, 0) is 5.54 Å². The third kappa shape index (κ3) is 1.44. The van der Waals surface area contributed by atoms with Gasteiger partial charge in [0.2, 0.25) is 0 Å². The van der Waals surface area contributed by atoms with Gasteiger partial charge in [-0.2, -0.15) is 0 Å². The van der Waals surface area contributed by atoms with E-state index in [1.54, 1.807) is 0 Å². The summed E-state index contributed by atoms with van der Waals surface area (Å²) in [5.74, 6) is 0.938. The van der Waals surface area contributed by atoms with Crippen molar-refractivity contribution in [2.24, 2.45) is 5.92 Å². The molecule has 1 aromatic rings. The highest BCUT2D eigenvalue weighted by molar-refractivity contribution is 5.41. The summed E-state index contributed by atoms with van der Waals surface area (Å²) in [5, 5.41) is 0. The molecule has 86 valence electrons. The largest absolute Gasteiger partial charge is 0.399 e. The predicted molar refractivity (Wildman–Crippen MR) is 67.1 cm³/mol. The first-order valence-electron chi connectivity index (χ1n) is 6.29. The van der Waals surface area contributed by atoms with E-state index in [4.69, 9.17) is 5.73 Å². The standard InChI is InChI=1S/C14H20N2/c1-14(12-2-4-13(15)5-3-12)10-11-6-8-16(14)9-7-11/h2-5,11H,6-10,15H2,1H3. The van der Waals surface area contributed by atoms with Crippen LogP contribution in [0.3, 0.4) is 0 Å². The number of nitrogens with zero attached hydrogens (tertiary/aromatic N) is 1. The van der Waals surface area contributed by atoms with Gasteiger partial charge in [0, 0.05) is 11.2 Å². The van der Waals surface area contributed by atoms with Crippen molar-refractivity contribution in [3.05, 3.63) is 29.8 Å². The van der Waals surface area contributed by atoms with E-state index in [1.165, 1.54) is 37.9 Å². The molecule has 2 bridgehead atoms. The summed E-state index contributed by atoms with van der Waals surface area (Å²) in [6.45, 7) is 4.93. The molecule has 0 spiro atoms. The molecule has 1 atom stereocenters. The van der Waals surface area contributed by atoms with Crippen LogP contribution in [0, 0.1) is 5.92 Å². The number of piperidine rings is 3. The second-order valence-corrected chi connectivity index (χ2v) is 5.53. The third-order valence-electron chi connectivity index (χ3n) is 4.53. The maximum atomic E-state index is 5.76. The van der Waals surface area contributed by atoms with E-state index in [-0.39, 0.29) is 5.54 Å². The molecule has 1 aromatic carbocycles. The molecule has 0 radical (unpaired) electrons. The molecule has 0 saturated carbocycles. The van der Waals surface area contributed by atoms with E-state index in [9.17, 15) is 0 Å². The Labute approximate surface area is 97.4 Å². The Bertz CT molecular complexity index is 376. The molecule has 3 fully saturated rings. The first kappa shape index (κ1) is 10.2. The average molecular weight is 216 g/mol. The number of anilines is 1. The summed E-state index contributed by atoms with van der Waals surface area (Å²) in [4.78, 5) is 2.65. The van der Waals surface area contributed by atoms with Crippen LogP contribution in [0.5, 0.6) is 0 Å². The normalized spacial score (nSPS) is 37.6. The first-order valence-corrected chi connectivity index (χ1v) is 6.29.